The molecule has 0 atom stereocenters. The van der Waals surface area contributed by atoms with E-state index in [4.69, 9.17) is 8.83 Å². The number of aromatic hydroxyl groups is 1. The summed E-state index contributed by atoms with van der Waals surface area (Å²) >= 11 is 0. The van der Waals surface area contributed by atoms with E-state index in [-0.39, 0.29) is 35.3 Å². The Morgan fingerprint density at radius 2 is 1.70 bits per heavy atom. The molecule has 0 saturated carbocycles. The van der Waals surface area contributed by atoms with Crippen LogP contribution in [-0.4, -0.2) is 16.9 Å². The minimum atomic E-state index is -0.775. The van der Waals surface area contributed by atoms with Gasteiger partial charge in [0.05, 0.1) is 5.56 Å². The maximum atomic E-state index is 11.9. The Balaban J connectivity index is 1.73. The average molecular weight is 368 g/mol. The van der Waals surface area contributed by atoms with E-state index in [9.17, 15) is 19.5 Å². The van der Waals surface area contributed by atoms with Crippen LogP contribution in [0.1, 0.15) is 16.7 Å². The van der Waals surface area contributed by atoms with Crippen LogP contribution in [-0.2, 0) is 16.0 Å². The van der Waals surface area contributed by atoms with Crippen LogP contribution < -0.4 is 16.5 Å². The molecule has 8 nitrogen and oxygen atoms in total. The summed E-state index contributed by atoms with van der Waals surface area (Å²) in [5.74, 6) is -1.15. The zero-order chi connectivity index (χ0) is 19.3. The summed E-state index contributed by atoms with van der Waals surface area (Å²) in [5, 5.41) is 10.8. The van der Waals surface area contributed by atoms with Crippen LogP contribution in [0.4, 0.5) is 0 Å². The molecule has 1 aliphatic rings. The third kappa shape index (κ3) is 2.75. The van der Waals surface area contributed by atoms with Gasteiger partial charge in [-0.05, 0) is 44.0 Å². The van der Waals surface area contributed by atoms with Crippen molar-refractivity contribution >= 4 is 22.8 Å². The van der Waals surface area contributed by atoms with Gasteiger partial charge in [0, 0.05) is 10.9 Å². The fourth-order valence-corrected chi connectivity index (χ4v) is 3.14. The molecule has 2 aromatic heterocycles. The summed E-state index contributed by atoms with van der Waals surface area (Å²) in [6.45, 7) is 3.12. The van der Waals surface area contributed by atoms with E-state index < -0.39 is 11.5 Å². The molecule has 4 rings (SSSR count). The fraction of sp³-hybridized carbons (Fsp3) is 0.211. The lowest BCUT2D eigenvalue weighted by Gasteiger charge is -2.05. The molecule has 0 spiro atoms. The number of amides is 2. The summed E-state index contributed by atoms with van der Waals surface area (Å²) in [6, 6.07) is 6.99. The van der Waals surface area contributed by atoms with Crippen LogP contribution in [0, 0.1) is 19.8 Å². The van der Waals surface area contributed by atoms with E-state index in [1.54, 1.807) is 25.1 Å². The van der Waals surface area contributed by atoms with Crippen molar-refractivity contribution in [3.05, 3.63) is 51.4 Å². The van der Waals surface area contributed by atoms with Gasteiger partial charge in [-0.2, -0.15) is 0 Å². The lowest BCUT2D eigenvalue weighted by atomic mass is 9.98. The summed E-state index contributed by atoms with van der Waals surface area (Å²) < 4.78 is 11.0. The van der Waals surface area contributed by atoms with Crippen molar-refractivity contribution in [2.75, 3.05) is 0 Å². The Bertz CT molecular complexity index is 1140. The minimum Gasteiger partial charge on any atom is -0.507 e. The average Bonchev–Trinajstić information content (AvgIpc) is 3.20. The number of hydrazine groups is 1. The van der Waals surface area contributed by atoms with E-state index in [1.807, 2.05) is 6.07 Å². The van der Waals surface area contributed by atoms with Crippen LogP contribution in [0.3, 0.4) is 0 Å². The van der Waals surface area contributed by atoms with Gasteiger partial charge in [-0.1, -0.05) is 6.07 Å². The minimum absolute atomic E-state index is 0.124. The molecule has 1 saturated heterocycles. The Labute approximate surface area is 152 Å². The topological polar surface area (TPSA) is 122 Å². The normalized spacial score (nSPS) is 14.6. The zero-order valence-corrected chi connectivity index (χ0v) is 14.6. The zero-order valence-electron chi connectivity index (χ0n) is 14.6. The molecular formula is C19H16N2O6. The van der Waals surface area contributed by atoms with Gasteiger partial charge in [0.25, 0.3) is 11.8 Å². The predicted molar refractivity (Wildman–Crippen MR) is 94.8 cm³/mol. The van der Waals surface area contributed by atoms with Gasteiger partial charge in [-0.15, -0.1) is 0 Å². The highest BCUT2D eigenvalue weighted by Crippen LogP contribution is 2.34. The van der Waals surface area contributed by atoms with Gasteiger partial charge in [-0.3, -0.25) is 20.4 Å². The smallest absolute Gasteiger partial charge is 0.343 e. The Morgan fingerprint density at radius 3 is 2.41 bits per heavy atom. The third-order valence-electron chi connectivity index (χ3n) is 4.74. The van der Waals surface area contributed by atoms with Gasteiger partial charge >= 0.3 is 5.63 Å². The van der Waals surface area contributed by atoms with Crippen LogP contribution >= 0.6 is 0 Å². The molecule has 2 amide bonds. The summed E-state index contributed by atoms with van der Waals surface area (Å²) in [4.78, 5) is 35.3. The maximum Gasteiger partial charge on any atom is 0.343 e. The highest BCUT2D eigenvalue weighted by molar-refractivity contribution is 6.05. The molecule has 0 bridgehead atoms. The summed E-state index contributed by atoms with van der Waals surface area (Å²) in [5.41, 5.74) is 5.86. The van der Waals surface area contributed by atoms with Crippen molar-refractivity contribution in [3.63, 3.8) is 0 Å². The lowest BCUT2D eigenvalue weighted by molar-refractivity contribution is -0.127. The number of hydrogen-bond donors (Lipinski definition) is 3. The second-order valence-electron chi connectivity index (χ2n) is 6.54. The first kappa shape index (κ1) is 16.9. The summed E-state index contributed by atoms with van der Waals surface area (Å²) in [6.07, 6.45) is 0.257. The first-order valence-corrected chi connectivity index (χ1v) is 8.31. The molecule has 1 aromatic carbocycles. The van der Waals surface area contributed by atoms with Gasteiger partial charge in [0.2, 0.25) is 0 Å². The highest BCUT2D eigenvalue weighted by atomic mass is 16.4. The van der Waals surface area contributed by atoms with Crippen molar-refractivity contribution in [1.82, 2.24) is 10.9 Å². The van der Waals surface area contributed by atoms with Crippen LogP contribution in [0.25, 0.3) is 22.5 Å². The Hall–Kier alpha value is -3.55. The molecule has 3 heterocycles. The fourth-order valence-electron chi connectivity index (χ4n) is 3.14. The van der Waals surface area contributed by atoms with E-state index >= 15 is 0 Å². The quantitative estimate of drug-likeness (QED) is 0.605. The molecular weight excluding hydrogens is 352 g/mol. The van der Waals surface area contributed by atoms with Crippen LogP contribution in [0.2, 0.25) is 0 Å². The number of carbonyl (C=O) groups is 2. The van der Waals surface area contributed by atoms with Crippen LogP contribution in [0.15, 0.2) is 37.9 Å². The molecule has 27 heavy (non-hydrogen) atoms. The first-order chi connectivity index (χ1) is 12.8. The van der Waals surface area contributed by atoms with E-state index in [0.29, 0.717) is 16.9 Å². The molecule has 0 aliphatic carbocycles. The number of fused-ring (bicyclic) bond motifs is 1. The van der Waals surface area contributed by atoms with Gasteiger partial charge in [-0.25, -0.2) is 4.79 Å². The highest BCUT2D eigenvalue weighted by Gasteiger charge is 2.32. The predicted octanol–water partition coefficient (Wildman–Crippen LogP) is 1.70. The lowest BCUT2D eigenvalue weighted by Crippen LogP contribution is -2.28. The van der Waals surface area contributed by atoms with Crippen molar-refractivity contribution in [3.8, 4) is 17.3 Å². The number of hydrogen-bond acceptors (Lipinski definition) is 6. The molecule has 0 radical (unpaired) electrons. The second kappa shape index (κ2) is 6.01. The SMILES string of the molecule is Cc1c(-c2cc3cc(CC4C(=O)NNC4=O)ccc3o2)oc(=O)c(C)c1O. The standard InChI is InChI=1S/C19H16N2O6/c1-8-15(22)9(2)19(25)27-16(8)14-7-11-5-10(3-4-13(11)26-14)6-12-17(23)20-21-18(12)24/h3-5,7,12,22H,6H2,1-2H3,(H,20,23)(H,21,24). The number of benzene rings is 1. The Morgan fingerprint density at radius 1 is 1.00 bits per heavy atom. The molecule has 138 valence electrons. The third-order valence-corrected chi connectivity index (χ3v) is 4.74. The van der Waals surface area contributed by atoms with Gasteiger partial charge in [0.1, 0.15) is 17.3 Å². The summed E-state index contributed by atoms with van der Waals surface area (Å²) in [7, 11) is 0. The number of furan rings is 1. The maximum absolute atomic E-state index is 11.9. The van der Waals surface area contributed by atoms with Crippen molar-refractivity contribution in [2.24, 2.45) is 5.92 Å². The van der Waals surface area contributed by atoms with Gasteiger partial charge in [0.15, 0.2) is 11.5 Å². The van der Waals surface area contributed by atoms with Gasteiger partial charge < -0.3 is 13.9 Å². The van der Waals surface area contributed by atoms with Crippen molar-refractivity contribution < 1.29 is 23.5 Å². The van der Waals surface area contributed by atoms with E-state index in [0.717, 1.165) is 10.9 Å². The Kier molecular flexibility index (Phi) is 3.76. The second-order valence-corrected chi connectivity index (χ2v) is 6.54. The van der Waals surface area contributed by atoms with Crippen molar-refractivity contribution in [2.45, 2.75) is 20.3 Å². The first-order valence-electron chi connectivity index (χ1n) is 8.31. The van der Waals surface area contributed by atoms with E-state index in [2.05, 4.69) is 10.9 Å². The van der Waals surface area contributed by atoms with Crippen LogP contribution in [0.5, 0.6) is 5.75 Å². The number of carbonyl (C=O) groups excluding carboxylic acids is 2. The van der Waals surface area contributed by atoms with Crippen molar-refractivity contribution in [1.29, 1.82) is 0 Å². The molecule has 8 heteroatoms. The molecule has 3 N–H and O–H groups in total. The molecule has 3 aromatic rings. The molecule has 0 unspecified atom stereocenters. The molecule has 1 fully saturated rings. The van der Waals surface area contributed by atoms with E-state index in [1.165, 1.54) is 6.92 Å². The molecule has 1 aliphatic heterocycles. The largest absolute Gasteiger partial charge is 0.507 e. The monoisotopic (exact) mass is 368 g/mol. The number of nitrogens with one attached hydrogen (secondary N) is 2. The number of rotatable bonds is 3.